The van der Waals surface area contributed by atoms with Crippen LogP contribution in [0.4, 0.5) is 4.39 Å². The molecule has 0 saturated carbocycles. The monoisotopic (exact) mass is 374 g/mol. The Kier molecular flexibility index (Phi) is 6.29. The van der Waals surface area contributed by atoms with E-state index in [0.29, 0.717) is 25.3 Å². The number of allylic oxidation sites excluding steroid dienone is 1. The van der Waals surface area contributed by atoms with E-state index in [1.165, 1.54) is 11.6 Å². The summed E-state index contributed by atoms with van der Waals surface area (Å²) in [5.41, 5.74) is 3.27. The Morgan fingerprint density at radius 1 is 1.44 bits per heavy atom. The van der Waals surface area contributed by atoms with Crippen molar-refractivity contribution in [1.82, 2.24) is 10.3 Å². The van der Waals surface area contributed by atoms with Gasteiger partial charge < -0.3 is 19.8 Å². The lowest BCUT2D eigenvalue weighted by atomic mass is 10.0. The van der Waals surface area contributed by atoms with Crippen molar-refractivity contribution in [2.45, 2.75) is 45.8 Å². The van der Waals surface area contributed by atoms with Crippen LogP contribution in [-0.4, -0.2) is 42.9 Å². The van der Waals surface area contributed by atoms with Crippen LogP contribution in [0.25, 0.3) is 10.9 Å². The maximum Gasteiger partial charge on any atom is 0.224 e. The first-order valence-corrected chi connectivity index (χ1v) is 9.33. The van der Waals surface area contributed by atoms with Crippen molar-refractivity contribution in [3.63, 3.8) is 0 Å². The number of aromatic nitrogens is 1. The standard InChI is InChI=1S/C21H27FN2O3/c1-13(2)7-10-27-19-8-9-26-12-18(19)24-20(25)11-16-14(3)23-21-15(16)5-4-6-17(21)22/h4-7,18-19,23H,8-12H2,1-3H3,(H,24,25)/t18-,19+/m0/s1. The van der Waals surface area contributed by atoms with Gasteiger partial charge in [0.1, 0.15) is 5.82 Å². The number of hydrogen-bond donors (Lipinski definition) is 2. The molecule has 0 unspecified atom stereocenters. The minimum atomic E-state index is -0.310. The summed E-state index contributed by atoms with van der Waals surface area (Å²) in [6, 6.07) is 4.73. The summed E-state index contributed by atoms with van der Waals surface area (Å²) in [6.45, 7) is 7.51. The van der Waals surface area contributed by atoms with Gasteiger partial charge in [-0.05, 0) is 38.8 Å². The molecule has 0 aliphatic carbocycles. The van der Waals surface area contributed by atoms with Gasteiger partial charge in [0.2, 0.25) is 5.91 Å². The number of halogens is 1. The molecule has 1 aromatic heterocycles. The van der Waals surface area contributed by atoms with Gasteiger partial charge in [-0.1, -0.05) is 23.8 Å². The lowest BCUT2D eigenvalue weighted by Crippen LogP contribution is -2.51. The van der Waals surface area contributed by atoms with Gasteiger partial charge in [-0.2, -0.15) is 0 Å². The number of H-pyrrole nitrogens is 1. The maximum absolute atomic E-state index is 13.9. The van der Waals surface area contributed by atoms with Crippen molar-refractivity contribution in [2.75, 3.05) is 19.8 Å². The largest absolute Gasteiger partial charge is 0.379 e. The molecule has 2 heterocycles. The fourth-order valence-electron chi connectivity index (χ4n) is 3.40. The number of amides is 1. The topological polar surface area (TPSA) is 63.4 Å². The average Bonchev–Trinajstić information content (AvgIpc) is 2.93. The van der Waals surface area contributed by atoms with Gasteiger partial charge in [0.25, 0.3) is 0 Å². The second kappa shape index (κ2) is 8.67. The number of para-hydroxylation sites is 1. The molecule has 0 radical (unpaired) electrons. The zero-order valence-electron chi connectivity index (χ0n) is 16.1. The molecule has 2 aromatic rings. The van der Waals surface area contributed by atoms with Crippen molar-refractivity contribution in [3.05, 3.63) is 46.9 Å². The SMILES string of the molecule is CC(C)=CCO[C@@H]1CCOC[C@@H]1NC(=O)Cc1c(C)[nH]c2c(F)cccc12. The summed E-state index contributed by atoms with van der Waals surface area (Å²) in [6.07, 6.45) is 2.89. The van der Waals surface area contributed by atoms with Crippen LogP contribution < -0.4 is 5.32 Å². The molecule has 1 saturated heterocycles. The van der Waals surface area contributed by atoms with Gasteiger partial charge in [0, 0.05) is 17.7 Å². The molecular formula is C21H27FN2O3. The minimum absolute atomic E-state index is 0.0696. The molecule has 27 heavy (non-hydrogen) atoms. The fourth-order valence-corrected chi connectivity index (χ4v) is 3.40. The van der Waals surface area contributed by atoms with Gasteiger partial charge >= 0.3 is 0 Å². The molecule has 0 bridgehead atoms. The number of rotatable bonds is 6. The number of carbonyl (C=O) groups excluding carboxylic acids is 1. The quantitative estimate of drug-likeness (QED) is 0.762. The van der Waals surface area contributed by atoms with E-state index in [0.717, 1.165) is 23.1 Å². The first kappa shape index (κ1) is 19.6. The van der Waals surface area contributed by atoms with Crippen LogP contribution in [-0.2, 0) is 20.7 Å². The third kappa shape index (κ3) is 4.76. The van der Waals surface area contributed by atoms with Crippen LogP contribution in [0, 0.1) is 12.7 Å². The first-order chi connectivity index (χ1) is 13.0. The van der Waals surface area contributed by atoms with E-state index in [1.807, 2.05) is 32.9 Å². The number of fused-ring (bicyclic) bond motifs is 1. The van der Waals surface area contributed by atoms with Crippen LogP contribution in [0.3, 0.4) is 0 Å². The van der Waals surface area contributed by atoms with E-state index >= 15 is 0 Å². The number of ether oxygens (including phenoxy) is 2. The summed E-state index contributed by atoms with van der Waals surface area (Å²) in [5.74, 6) is -0.426. The number of aromatic amines is 1. The van der Waals surface area contributed by atoms with Crippen LogP contribution in [0.2, 0.25) is 0 Å². The van der Waals surface area contributed by atoms with Gasteiger partial charge in [-0.25, -0.2) is 4.39 Å². The third-order valence-corrected chi connectivity index (χ3v) is 4.88. The maximum atomic E-state index is 13.9. The highest BCUT2D eigenvalue weighted by Gasteiger charge is 2.28. The predicted molar refractivity (Wildman–Crippen MR) is 103 cm³/mol. The van der Waals surface area contributed by atoms with E-state index in [-0.39, 0.29) is 30.3 Å². The van der Waals surface area contributed by atoms with E-state index in [2.05, 4.69) is 10.3 Å². The highest BCUT2D eigenvalue weighted by atomic mass is 19.1. The molecule has 0 spiro atoms. The minimum Gasteiger partial charge on any atom is -0.379 e. The second-order valence-corrected chi connectivity index (χ2v) is 7.26. The highest BCUT2D eigenvalue weighted by Crippen LogP contribution is 2.24. The Bertz CT molecular complexity index is 839. The number of nitrogens with one attached hydrogen (secondary N) is 2. The van der Waals surface area contributed by atoms with Gasteiger partial charge in [0.15, 0.2) is 0 Å². The molecule has 1 aromatic carbocycles. The number of aryl methyl sites for hydroxylation is 1. The Morgan fingerprint density at radius 3 is 3.04 bits per heavy atom. The Hall–Kier alpha value is -2.18. The molecule has 1 fully saturated rings. The summed E-state index contributed by atoms with van der Waals surface area (Å²) in [7, 11) is 0. The number of carbonyl (C=O) groups is 1. The lowest BCUT2D eigenvalue weighted by molar-refractivity contribution is -0.125. The molecule has 146 valence electrons. The Labute approximate surface area is 158 Å². The fraction of sp³-hybridized carbons (Fsp3) is 0.476. The summed E-state index contributed by atoms with van der Waals surface area (Å²) in [5, 5.41) is 3.78. The lowest BCUT2D eigenvalue weighted by Gasteiger charge is -2.32. The molecule has 2 atom stereocenters. The summed E-state index contributed by atoms with van der Waals surface area (Å²) < 4.78 is 25.4. The van der Waals surface area contributed by atoms with E-state index in [4.69, 9.17) is 9.47 Å². The molecule has 1 amide bonds. The van der Waals surface area contributed by atoms with E-state index in [9.17, 15) is 9.18 Å². The number of benzene rings is 1. The third-order valence-electron chi connectivity index (χ3n) is 4.88. The van der Waals surface area contributed by atoms with Crippen LogP contribution in [0.5, 0.6) is 0 Å². The molecule has 1 aliphatic rings. The Morgan fingerprint density at radius 2 is 2.26 bits per heavy atom. The van der Waals surface area contributed by atoms with Crippen molar-refractivity contribution >= 4 is 16.8 Å². The zero-order valence-corrected chi connectivity index (χ0v) is 16.1. The van der Waals surface area contributed by atoms with Crippen molar-refractivity contribution in [3.8, 4) is 0 Å². The molecule has 3 rings (SSSR count). The molecule has 1 aliphatic heterocycles. The van der Waals surface area contributed by atoms with Crippen molar-refractivity contribution in [2.24, 2.45) is 0 Å². The predicted octanol–water partition coefficient (Wildman–Crippen LogP) is 3.41. The van der Waals surface area contributed by atoms with E-state index < -0.39 is 0 Å². The molecule has 6 heteroatoms. The van der Waals surface area contributed by atoms with Crippen LogP contribution in [0.1, 0.15) is 31.5 Å². The number of hydrogen-bond acceptors (Lipinski definition) is 3. The van der Waals surface area contributed by atoms with Crippen LogP contribution in [0.15, 0.2) is 29.8 Å². The van der Waals surface area contributed by atoms with Gasteiger partial charge in [-0.15, -0.1) is 0 Å². The van der Waals surface area contributed by atoms with Crippen molar-refractivity contribution in [1.29, 1.82) is 0 Å². The Balaban J connectivity index is 1.67. The average molecular weight is 374 g/mol. The van der Waals surface area contributed by atoms with Gasteiger partial charge in [-0.3, -0.25) is 4.79 Å². The van der Waals surface area contributed by atoms with Crippen LogP contribution >= 0.6 is 0 Å². The second-order valence-electron chi connectivity index (χ2n) is 7.26. The van der Waals surface area contributed by atoms with Crippen molar-refractivity contribution < 1.29 is 18.7 Å². The molecule has 5 nitrogen and oxygen atoms in total. The smallest absolute Gasteiger partial charge is 0.224 e. The van der Waals surface area contributed by atoms with E-state index in [1.54, 1.807) is 6.07 Å². The first-order valence-electron chi connectivity index (χ1n) is 9.33. The molecular weight excluding hydrogens is 347 g/mol. The zero-order chi connectivity index (χ0) is 19.4. The summed E-state index contributed by atoms with van der Waals surface area (Å²) in [4.78, 5) is 15.7. The van der Waals surface area contributed by atoms with Gasteiger partial charge in [0.05, 0.1) is 37.3 Å². The normalized spacial score (nSPS) is 19.9. The molecule has 2 N–H and O–H groups in total. The summed E-state index contributed by atoms with van der Waals surface area (Å²) >= 11 is 0. The highest BCUT2D eigenvalue weighted by molar-refractivity contribution is 5.90.